The van der Waals surface area contributed by atoms with Crippen LogP contribution in [0.15, 0.2) is 47.6 Å². The summed E-state index contributed by atoms with van der Waals surface area (Å²) < 4.78 is 30.1. The summed E-state index contributed by atoms with van der Waals surface area (Å²) in [5, 5.41) is 6.19. The van der Waals surface area contributed by atoms with Crippen LogP contribution in [0.2, 0.25) is 0 Å². The van der Waals surface area contributed by atoms with Crippen molar-refractivity contribution in [3.05, 3.63) is 59.4 Å². The number of carbonyl (C=O) groups is 2. The molecular formula is C30H37FN4O5. The zero-order valence-corrected chi connectivity index (χ0v) is 23.4. The molecule has 0 bridgehead atoms. The fourth-order valence-electron chi connectivity index (χ4n) is 5.12. The number of hydrogen-bond acceptors (Lipinski definition) is 7. The second kappa shape index (κ2) is 11.9. The van der Waals surface area contributed by atoms with Crippen LogP contribution in [0.5, 0.6) is 11.5 Å². The van der Waals surface area contributed by atoms with E-state index < -0.39 is 6.04 Å². The van der Waals surface area contributed by atoms with Gasteiger partial charge in [0, 0.05) is 39.0 Å². The normalized spacial score (nSPS) is 19.1. The minimum atomic E-state index is -0.402. The van der Waals surface area contributed by atoms with E-state index in [4.69, 9.17) is 19.3 Å². The van der Waals surface area contributed by atoms with Crippen LogP contribution in [0.1, 0.15) is 50.8 Å². The van der Waals surface area contributed by atoms with E-state index in [0.717, 1.165) is 24.2 Å². The number of ether oxygens (including phenoxy) is 3. The van der Waals surface area contributed by atoms with Gasteiger partial charge in [0.15, 0.2) is 11.5 Å². The molecular weight excluding hydrogens is 515 g/mol. The Balaban J connectivity index is 1.39. The van der Waals surface area contributed by atoms with Gasteiger partial charge in [-0.05, 0) is 40.8 Å². The molecule has 1 fully saturated rings. The predicted octanol–water partition coefficient (Wildman–Crippen LogP) is 3.83. The molecule has 0 unspecified atom stereocenters. The number of halogens is 1. The van der Waals surface area contributed by atoms with Crippen molar-refractivity contribution >= 4 is 17.5 Å². The third kappa shape index (κ3) is 6.79. The molecule has 0 aromatic heterocycles. The smallest absolute Gasteiger partial charge is 0.262 e. The average molecular weight is 553 g/mol. The van der Waals surface area contributed by atoms with Gasteiger partial charge in [-0.2, -0.15) is 5.10 Å². The van der Waals surface area contributed by atoms with Gasteiger partial charge in [0.25, 0.3) is 5.91 Å². The van der Waals surface area contributed by atoms with E-state index in [1.54, 1.807) is 17.0 Å². The Morgan fingerprint density at radius 3 is 2.50 bits per heavy atom. The number of hydrazone groups is 1. The number of fused-ring (bicyclic) bond motifs is 1. The fourth-order valence-corrected chi connectivity index (χ4v) is 5.12. The highest BCUT2D eigenvalue weighted by Crippen LogP contribution is 2.39. The molecule has 0 saturated carbocycles. The maximum absolute atomic E-state index is 13.9. The van der Waals surface area contributed by atoms with Crippen LogP contribution in [0.4, 0.5) is 4.39 Å². The van der Waals surface area contributed by atoms with Gasteiger partial charge < -0.3 is 19.1 Å². The molecule has 0 aliphatic carbocycles. The summed E-state index contributed by atoms with van der Waals surface area (Å²) >= 11 is 0. The van der Waals surface area contributed by atoms with Crippen molar-refractivity contribution in [1.82, 2.24) is 14.8 Å². The van der Waals surface area contributed by atoms with E-state index >= 15 is 0 Å². The molecule has 0 N–H and O–H groups in total. The van der Waals surface area contributed by atoms with E-state index in [9.17, 15) is 14.0 Å². The molecule has 3 aliphatic rings. The molecule has 3 heterocycles. The second-order valence-corrected chi connectivity index (χ2v) is 11.6. The molecule has 2 aromatic carbocycles. The molecule has 40 heavy (non-hydrogen) atoms. The van der Waals surface area contributed by atoms with Gasteiger partial charge in [0.05, 0.1) is 25.0 Å². The summed E-state index contributed by atoms with van der Waals surface area (Å²) in [4.78, 5) is 31.2. The van der Waals surface area contributed by atoms with Crippen LogP contribution in [0.3, 0.4) is 0 Å². The summed E-state index contributed by atoms with van der Waals surface area (Å²) in [6, 6.07) is 11.3. The molecule has 10 heteroatoms. The number of carbonyl (C=O) groups excluding carboxylic acids is 2. The van der Waals surface area contributed by atoms with Crippen LogP contribution in [-0.2, 0) is 14.3 Å². The van der Waals surface area contributed by atoms with Crippen LogP contribution in [0.25, 0.3) is 0 Å². The number of benzene rings is 2. The Hall–Kier alpha value is -3.50. The highest BCUT2D eigenvalue weighted by molar-refractivity contribution is 6.03. The van der Waals surface area contributed by atoms with Gasteiger partial charge >= 0.3 is 0 Å². The maximum Gasteiger partial charge on any atom is 0.262 e. The quantitative estimate of drug-likeness (QED) is 0.495. The molecule has 2 aromatic rings. The largest absolute Gasteiger partial charge is 0.454 e. The van der Waals surface area contributed by atoms with Crippen molar-refractivity contribution < 1.29 is 28.2 Å². The van der Waals surface area contributed by atoms with Gasteiger partial charge in [-0.25, -0.2) is 9.40 Å². The topological polar surface area (TPSA) is 83.9 Å². The molecule has 3 aliphatic heterocycles. The van der Waals surface area contributed by atoms with Gasteiger partial charge in [-0.15, -0.1) is 0 Å². The fraction of sp³-hybridized carbons (Fsp3) is 0.500. The molecule has 1 saturated heterocycles. The van der Waals surface area contributed by atoms with Gasteiger partial charge in [0.1, 0.15) is 12.4 Å². The van der Waals surface area contributed by atoms with E-state index in [-0.39, 0.29) is 36.4 Å². The first-order valence-corrected chi connectivity index (χ1v) is 13.8. The lowest BCUT2D eigenvalue weighted by Gasteiger charge is -2.32. The van der Waals surface area contributed by atoms with Gasteiger partial charge in [-0.1, -0.05) is 39.0 Å². The molecule has 0 spiro atoms. The van der Waals surface area contributed by atoms with Crippen molar-refractivity contribution in [2.24, 2.45) is 10.5 Å². The first-order valence-electron chi connectivity index (χ1n) is 13.8. The molecule has 5 rings (SSSR count). The Morgan fingerprint density at radius 1 is 1.05 bits per heavy atom. The lowest BCUT2D eigenvalue weighted by Crippen LogP contribution is -2.47. The molecule has 2 amide bonds. The summed E-state index contributed by atoms with van der Waals surface area (Å²) in [6.07, 6.45) is 0.778. The van der Waals surface area contributed by atoms with E-state index in [2.05, 4.69) is 4.90 Å². The zero-order valence-electron chi connectivity index (χ0n) is 23.4. The third-order valence-electron chi connectivity index (χ3n) is 7.27. The minimum Gasteiger partial charge on any atom is -0.454 e. The van der Waals surface area contributed by atoms with Crippen LogP contribution in [-0.4, -0.2) is 85.1 Å². The van der Waals surface area contributed by atoms with Crippen molar-refractivity contribution in [2.75, 3.05) is 52.7 Å². The standard InChI is InChI=1S/C30H37FN4O5/c1-30(2,3)18-28(36)34(11-10-33-12-14-38-15-13-33)19-29(37)35-25(22-6-9-26-27(16-22)40-20-39-26)17-24(32-35)21-4-7-23(31)8-5-21/h4-9,16,25H,10-15,17-20H2,1-3H3/t25-/m1/s1. The SMILES string of the molecule is CC(C)(C)CC(=O)N(CCN1CCOCC1)CC(=O)N1N=C(c2ccc(F)cc2)C[C@@H]1c1ccc2c(c1)OCO2. The predicted molar refractivity (Wildman–Crippen MR) is 148 cm³/mol. The minimum absolute atomic E-state index is 0.0596. The van der Waals surface area contributed by atoms with Crippen molar-refractivity contribution in [2.45, 2.75) is 39.7 Å². The first kappa shape index (κ1) is 28.0. The highest BCUT2D eigenvalue weighted by atomic mass is 19.1. The number of amides is 2. The first-order chi connectivity index (χ1) is 19.2. The number of hydrogen-bond donors (Lipinski definition) is 0. The van der Waals surface area contributed by atoms with Crippen molar-refractivity contribution in [3.8, 4) is 11.5 Å². The molecule has 0 radical (unpaired) electrons. The van der Waals surface area contributed by atoms with Crippen molar-refractivity contribution in [3.63, 3.8) is 0 Å². The van der Waals surface area contributed by atoms with Crippen LogP contribution < -0.4 is 9.47 Å². The van der Waals surface area contributed by atoms with Crippen LogP contribution in [0, 0.1) is 11.2 Å². The Labute approximate surface area is 234 Å². The van der Waals surface area contributed by atoms with Gasteiger partial charge in [0.2, 0.25) is 12.7 Å². The average Bonchev–Trinajstić information content (AvgIpc) is 3.58. The highest BCUT2D eigenvalue weighted by Gasteiger charge is 2.35. The Morgan fingerprint density at radius 2 is 1.77 bits per heavy atom. The Bertz CT molecular complexity index is 1250. The number of nitrogens with zero attached hydrogens (tertiary/aromatic N) is 4. The molecule has 9 nitrogen and oxygen atoms in total. The summed E-state index contributed by atoms with van der Waals surface area (Å²) in [5.41, 5.74) is 2.06. The summed E-state index contributed by atoms with van der Waals surface area (Å²) in [6.45, 7) is 10.2. The summed E-state index contributed by atoms with van der Waals surface area (Å²) in [5.74, 6) is 0.601. The van der Waals surface area contributed by atoms with Crippen molar-refractivity contribution in [1.29, 1.82) is 0 Å². The zero-order chi connectivity index (χ0) is 28.3. The summed E-state index contributed by atoms with van der Waals surface area (Å²) in [7, 11) is 0. The van der Waals surface area contributed by atoms with E-state index in [1.807, 2.05) is 39.0 Å². The number of morpholine rings is 1. The van der Waals surface area contributed by atoms with E-state index in [1.165, 1.54) is 17.1 Å². The monoisotopic (exact) mass is 552 g/mol. The Kier molecular flexibility index (Phi) is 8.37. The molecule has 1 atom stereocenters. The lowest BCUT2D eigenvalue weighted by atomic mass is 9.91. The second-order valence-electron chi connectivity index (χ2n) is 11.6. The lowest BCUT2D eigenvalue weighted by molar-refractivity contribution is -0.142. The maximum atomic E-state index is 13.9. The third-order valence-corrected chi connectivity index (χ3v) is 7.27. The number of rotatable bonds is 8. The molecule has 214 valence electrons. The van der Waals surface area contributed by atoms with Crippen LogP contribution >= 0.6 is 0 Å². The van der Waals surface area contributed by atoms with Gasteiger partial charge in [-0.3, -0.25) is 14.5 Å². The van der Waals surface area contributed by atoms with E-state index in [0.29, 0.717) is 56.4 Å².